The maximum Gasteiger partial charge on any atom is 0.381 e. The predicted molar refractivity (Wildman–Crippen MR) is 106 cm³/mol. The maximum atomic E-state index is 14.0. The van der Waals surface area contributed by atoms with Crippen LogP contribution in [0.15, 0.2) is 36.4 Å². The molecule has 0 bridgehead atoms. The molecule has 4 N–H and O–H groups in total. The van der Waals surface area contributed by atoms with Gasteiger partial charge in [-0.15, -0.1) is 0 Å². The van der Waals surface area contributed by atoms with Crippen molar-refractivity contribution < 1.29 is 44.6 Å². The van der Waals surface area contributed by atoms with Gasteiger partial charge in [0.05, 0.1) is 18.2 Å². The Morgan fingerprint density at radius 3 is 1.85 bits per heavy atom. The molecule has 0 aliphatic heterocycles. The average Bonchev–Trinajstić information content (AvgIpc) is 2.71. The van der Waals surface area contributed by atoms with Crippen molar-refractivity contribution >= 4 is 11.4 Å². The minimum absolute atomic E-state index is 0.0693. The average molecular weight is 497 g/mol. The van der Waals surface area contributed by atoms with E-state index in [1.807, 2.05) is 0 Å². The molecule has 0 radical (unpaired) electrons. The van der Waals surface area contributed by atoms with Gasteiger partial charge in [-0.2, -0.15) is 40.4 Å². The van der Waals surface area contributed by atoms with Gasteiger partial charge < -0.3 is 20.9 Å². The van der Waals surface area contributed by atoms with Crippen molar-refractivity contribution in [3.8, 4) is 11.8 Å². The summed E-state index contributed by atoms with van der Waals surface area (Å²) in [7, 11) is 0. The molecule has 0 unspecified atom stereocenters. The number of nitrogens with zero attached hydrogens (tertiary/aromatic N) is 1. The van der Waals surface area contributed by atoms with Gasteiger partial charge in [0.15, 0.2) is 6.61 Å². The van der Waals surface area contributed by atoms with Crippen LogP contribution in [0, 0.1) is 18.3 Å². The van der Waals surface area contributed by atoms with E-state index in [2.05, 4.69) is 9.47 Å². The third-order valence-corrected chi connectivity index (χ3v) is 4.64. The lowest BCUT2D eigenvalue weighted by atomic mass is 9.99. The third-order valence-electron chi connectivity index (χ3n) is 4.64. The Morgan fingerprint density at radius 2 is 1.35 bits per heavy atom. The molecule has 0 aromatic heterocycles. The van der Waals surface area contributed by atoms with E-state index >= 15 is 0 Å². The van der Waals surface area contributed by atoms with E-state index in [1.165, 1.54) is 25.1 Å². The normalized spacial score (nSPS) is 12.9. The van der Waals surface area contributed by atoms with Gasteiger partial charge in [-0.25, -0.2) is 0 Å². The first-order valence-corrected chi connectivity index (χ1v) is 9.41. The SMILES string of the molecule is Cc1cc(OCC(F)(F)C(F)(F)C(F)(F)C(F)(F)COCc2cc(N)cc(N)c2)ccc1C#N. The van der Waals surface area contributed by atoms with Crippen molar-refractivity contribution in [3.63, 3.8) is 0 Å². The molecule has 0 aliphatic carbocycles. The van der Waals surface area contributed by atoms with Crippen LogP contribution >= 0.6 is 0 Å². The van der Waals surface area contributed by atoms with Crippen molar-refractivity contribution in [2.45, 2.75) is 37.2 Å². The zero-order chi connectivity index (χ0) is 25.9. The number of nitrogens with two attached hydrogens (primary N) is 2. The zero-order valence-corrected chi connectivity index (χ0v) is 17.5. The van der Waals surface area contributed by atoms with Crippen LogP contribution in [0.5, 0.6) is 5.75 Å². The highest BCUT2D eigenvalue weighted by molar-refractivity contribution is 5.54. The fourth-order valence-electron chi connectivity index (χ4n) is 2.79. The molecule has 34 heavy (non-hydrogen) atoms. The molecule has 2 aromatic rings. The first-order valence-electron chi connectivity index (χ1n) is 9.41. The molecule has 0 heterocycles. The number of aryl methyl sites for hydroxylation is 1. The maximum absolute atomic E-state index is 14.0. The van der Waals surface area contributed by atoms with E-state index in [1.54, 1.807) is 6.07 Å². The van der Waals surface area contributed by atoms with Gasteiger partial charge in [0, 0.05) is 11.4 Å². The number of nitriles is 1. The van der Waals surface area contributed by atoms with Crippen LogP contribution in [0.3, 0.4) is 0 Å². The molecule has 5 nitrogen and oxygen atoms in total. The van der Waals surface area contributed by atoms with Crippen LogP contribution in [0.2, 0.25) is 0 Å². The van der Waals surface area contributed by atoms with Crippen molar-refractivity contribution in [1.29, 1.82) is 5.26 Å². The second-order valence-corrected chi connectivity index (χ2v) is 7.44. The molecule has 0 spiro atoms. The molecule has 0 atom stereocenters. The molecular weight excluding hydrogens is 478 g/mol. The van der Waals surface area contributed by atoms with E-state index in [9.17, 15) is 35.1 Å². The number of halogens is 8. The van der Waals surface area contributed by atoms with Crippen LogP contribution in [-0.4, -0.2) is 36.9 Å². The summed E-state index contributed by atoms with van der Waals surface area (Å²) in [6.45, 7) is -4.02. The Hall–Kier alpha value is -3.27. The summed E-state index contributed by atoms with van der Waals surface area (Å²) in [5, 5.41) is 8.81. The quantitative estimate of drug-likeness (QED) is 0.349. The van der Waals surface area contributed by atoms with E-state index in [-0.39, 0.29) is 28.1 Å². The number of nitrogen functional groups attached to an aromatic ring is 2. The van der Waals surface area contributed by atoms with Crippen molar-refractivity contribution in [2.75, 3.05) is 24.7 Å². The summed E-state index contributed by atoms with van der Waals surface area (Å²) in [5.74, 6) is -24.9. The van der Waals surface area contributed by atoms with Gasteiger partial charge in [-0.05, 0) is 54.4 Å². The number of benzene rings is 2. The fraction of sp³-hybridized carbons (Fsp3) is 0.381. The van der Waals surface area contributed by atoms with Gasteiger partial charge in [0.1, 0.15) is 12.4 Å². The van der Waals surface area contributed by atoms with Gasteiger partial charge in [0.25, 0.3) is 0 Å². The molecule has 2 rings (SSSR count). The molecule has 0 amide bonds. The monoisotopic (exact) mass is 497 g/mol. The first-order chi connectivity index (χ1) is 15.5. The highest BCUT2D eigenvalue weighted by Crippen LogP contribution is 2.52. The summed E-state index contributed by atoms with van der Waals surface area (Å²) in [6, 6.07) is 8.58. The van der Waals surface area contributed by atoms with Crippen LogP contribution in [-0.2, 0) is 11.3 Å². The molecule has 13 heteroatoms. The Morgan fingerprint density at radius 1 is 0.824 bits per heavy atom. The lowest BCUT2D eigenvalue weighted by Gasteiger charge is -2.36. The number of hydrogen-bond acceptors (Lipinski definition) is 5. The Bertz CT molecular complexity index is 1050. The van der Waals surface area contributed by atoms with Crippen LogP contribution in [0.4, 0.5) is 46.5 Å². The highest BCUT2D eigenvalue weighted by Gasteiger charge is 2.80. The Balaban J connectivity index is 2.12. The number of anilines is 2. The third kappa shape index (κ3) is 5.44. The summed E-state index contributed by atoms with van der Waals surface area (Å²) in [5.41, 5.74) is 11.6. The van der Waals surface area contributed by atoms with E-state index in [0.717, 1.165) is 18.2 Å². The molecule has 0 aliphatic rings. The molecule has 186 valence electrons. The fourth-order valence-corrected chi connectivity index (χ4v) is 2.79. The van der Waals surface area contributed by atoms with Gasteiger partial charge >= 0.3 is 23.7 Å². The molecular formula is C21H19F8N3O2. The zero-order valence-electron chi connectivity index (χ0n) is 17.5. The van der Waals surface area contributed by atoms with Gasteiger partial charge in [0.2, 0.25) is 0 Å². The van der Waals surface area contributed by atoms with Crippen molar-refractivity contribution in [2.24, 2.45) is 0 Å². The van der Waals surface area contributed by atoms with Crippen molar-refractivity contribution in [3.05, 3.63) is 53.1 Å². The Labute approximate surface area is 188 Å². The molecule has 0 saturated carbocycles. The predicted octanol–water partition coefficient (Wildman–Crippen LogP) is 5.17. The summed E-state index contributed by atoms with van der Waals surface area (Å²) >= 11 is 0. The summed E-state index contributed by atoms with van der Waals surface area (Å²) in [4.78, 5) is 0. The summed E-state index contributed by atoms with van der Waals surface area (Å²) < 4.78 is 121. The smallest absolute Gasteiger partial charge is 0.381 e. The van der Waals surface area contributed by atoms with Crippen LogP contribution in [0.1, 0.15) is 16.7 Å². The largest absolute Gasteiger partial charge is 0.487 e. The number of ether oxygens (including phenoxy) is 2. The number of hydrogen-bond donors (Lipinski definition) is 2. The lowest BCUT2D eigenvalue weighted by Crippen LogP contribution is -2.64. The van der Waals surface area contributed by atoms with Crippen LogP contribution in [0.25, 0.3) is 0 Å². The second-order valence-electron chi connectivity index (χ2n) is 7.44. The lowest BCUT2D eigenvalue weighted by molar-refractivity contribution is -0.374. The molecule has 2 aromatic carbocycles. The number of rotatable bonds is 10. The standard InChI is InChI=1S/C21H19F8N3O2/c1-12-4-17(3-2-14(12)8-30)34-11-19(24,25)21(28,29)20(26,27)18(22,23)10-33-9-13-5-15(31)7-16(32)6-13/h2-7H,9-11,31-32H2,1H3. The van der Waals surface area contributed by atoms with Gasteiger partial charge in [-0.1, -0.05) is 0 Å². The topological polar surface area (TPSA) is 94.3 Å². The van der Waals surface area contributed by atoms with Crippen molar-refractivity contribution in [1.82, 2.24) is 0 Å². The molecule has 0 fully saturated rings. The van der Waals surface area contributed by atoms with E-state index in [4.69, 9.17) is 16.7 Å². The van der Waals surface area contributed by atoms with E-state index < -0.39 is 49.3 Å². The number of alkyl halides is 8. The minimum Gasteiger partial charge on any atom is -0.487 e. The second kappa shape index (κ2) is 9.54. The Kier molecular flexibility index (Phi) is 7.57. The summed E-state index contributed by atoms with van der Waals surface area (Å²) in [6.07, 6.45) is 0. The minimum atomic E-state index is -6.52. The molecule has 0 saturated heterocycles. The highest BCUT2D eigenvalue weighted by atomic mass is 19.4. The van der Waals surface area contributed by atoms with Gasteiger partial charge in [-0.3, -0.25) is 0 Å². The first kappa shape index (κ1) is 27.0. The van der Waals surface area contributed by atoms with E-state index in [0.29, 0.717) is 0 Å². The van der Waals surface area contributed by atoms with Crippen LogP contribution < -0.4 is 16.2 Å².